The van der Waals surface area contributed by atoms with Crippen LogP contribution in [0.25, 0.3) is 0 Å². The Kier molecular flexibility index (Phi) is 4.82. The normalized spacial score (nSPS) is 13.6. The van der Waals surface area contributed by atoms with Crippen molar-refractivity contribution in [2.45, 2.75) is 23.9 Å². The summed E-state index contributed by atoms with van der Waals surface area (Å²) in [5, 5.41) is 0.256. The van der Waals surface area contributed by atoms with Gasteiger partial charge in [0, 0.05) is 17.1 Å². The van der Waals surface area contributed by atoms with Crippen molar-refractivity contribution >= 4 is 28.1 Å². The van der Waals surface area contributed by atoms with E-state index in [1.807, 2.05) is 0 Å². The standard InChI is InChI=1S/C10H11ClF3NOS/c11-8-6-7(2-3-9(8)15)17(16)5-1-4-10(12,13)14/h2-3,6H,1,4-5,15H2. The highest BCUT2D eigenvalue weighted by atomic mass is 35.5. The molecule has 0 saturated heterocycles. The molecule has 7 heteroatoms. The highest BCUT2D eigenvalue weighted by Crippen LogP contribution is 2.24. The Morgan fingerprint density at radius 2 is 2.00 bits per heavy atom. The first kappa shape index (κ1) is 14.3. The van der Waals surface area contributed by atoms with Gasteiger partial charge in [0.2, 0.25) is 0 Å². The molecule has 0 aliphatic carbocycles. The van der Waals surface area contributed by atoms with Crippen molar-refractivity contribution in [3.05, 3.63) is 23.2 Å². The van der Waals surface area contributed by atoms with E-state index in [0.29, 0.717) is 10.6 Å². The summed E-state index contributed by atoms with van der Waals surface area (Å²) in [5.41, 5.74) is 5.82. The third kappa shape index (κ3) is 4.95. The van der Waals surface area contributed by atoms with Crippen molar-refractivity contribution in [1.29, 1.82) is 0 Å². The van der Waals surface area contributed by atoms with Gasteiger partial charge in [-0.1, -0.05) is 11.6 Å². The van der Waals surface area contributed by atoms with Gasteiger partial charge >= 0.3 is 6.18 Å². The molecular weight excluding hydrogens is 275 g/mol. The van der Waals surface area contributed by atoms with Crippen molar-refractivity contribution in [2.75, 3.05) is 11.5 Å². The van der Waals surface area contributed by atoms with E-state index in [9.17, 15) is 17.4 Å². The van der Waals surface area contributed by atoms with Gasteiger partial charge in [0.1, 0.15) is 0 Å². The van der Waals surface area contributed by atoms with Crippen LogP contribution in [0.15, 0.2) is 23.1 Å². The summed E-state index contributed by atoms with van der Waals surface area (Å²) in [6.45, 7) is 0. The minimum absolute atomic E-state index is 0.0419. The number of hydrogen-bond donors (Lipinski definition) is 1. The number of alkyl halides is 3. The highest BCUT2D eigenvalue weighted by molar-refractivity contribution is 7.85. The topological polar surface area (TPSA) is 43.1 Å². The Labute approximate surface area is 104 Å². The molecule has 17 heavy (non-hydrogen) atoms. The largest absolute Gasteiger partial charge is 0.398 e. The van der Waals surface area contributed by atoms with Gasteiger partial charge in [-0.05, 0) is 24.6 Å². The summed E-state index contributed by atoms with van der Waals surface area (Å²) >= 11 is 5.73. The second-order valence-electron chi connectivity index (χ2n) is 3.45. The molecule has 0 amide bonds. The third-order valence-electron chi connectivity index (χ3n) is 2.02. The van der Waals surface area contributed by atoms with E-state index in [1.54, 1.807) is 0 Å². The Morgan fingerprint density at radius 1 is 1.35 bits per heavy atom. The minimum atomic E-state index is -4.21. The zero-order valence-corrected chi connectivity index (χ0v) is 10.3. The molecule has 0 heterocycles. The molecule has 1 atom stereocenters. The first-order valence-electron chi connectivity index (χ1n) is 4.80. The fourth-order valence-electron chi connectivity index (χ4n) is 1.17. The maximum Gasteiger partial charge on any atom is 0.389 e. The summed E-state index contributed by atoms with van der Waals surface area (Å²) < 4.78 is 47.3. The Morgan fingerprint density at radius 3 is 2.53 bits per heavy atom. The molecule has 1 aromatic rings. The lowest BCUT2D eigenvalue weighted by Crippen LogP contribution is -2.09. The van der Waals surface area contributed by atoms with Crippen LogP contribution in [0.2, 0.25) is 5.02 Å². The lowest BCUT2D eigenvalue weighted by atomic mass is 10.3. The molecule has 0 aliphatic rings. The quantitative estimate of drug-likeness (QED) is 0.862. The lowest BCUT2D eigenvalue weighted by Gasteiger charge is -2.06. The molecule has 2 N–H and O–H groups in total. The molecule has 1 unspecified atom stereocenters. The number of nitrogens with two attached hydrogens (primary N) is 1. The zero-order valence-electron chi connectivity index (χ0n) is 8.76. The molecule has 0 fully saturated rings. The number of anilines is 1. The van der Waals surface area contributed by atoms with E-state index < -0.39 is 23.4 Å². The lowest BCUT2D eigenvalue weighted by molar-refractivity contribution is -0.134. The molecule has 0 radical (unpaired) electrons. The molecule has 0 aromatic heterocycles. The van der Waals surface area contributed by atoms with Crippen LogP contribution in [0.5, 0.6) is 0 Å². The van der Waals surface area contributed by atoms with Crippen molar-refractivity contribution in [3.63, 3.8) is 0 Å². The van der Waals surface area contributed by atoms with Gasteiger partial charge in [-0.3, -0.25) is 4.21 Å². The van der Waals surface area contributed by atoms with Gasteiger partial charge < -0.3 is 5.73 Å². The van der Waals surface area contributed by atoms with Gasteiger partial charge in [-0.2, -0.15) is 13.2 Å². The van der Waals surface area contributed by atoms with Gasteiger partial charge in [0.15, 0.2) is 0 Å². The average molecular weight is 286 g/mol. The van der Waals surface area contributed by atoms with Crippen LogP contribution in [-0.2, 0) is 10.8 Å². The van der Waals surface area contributed by atoms with Gasteiger partial charge in [-0.25, -0.2) is 0 Å². The van der Waals surface area contributed by atoms with Gasteiger partial charge in [0.05, 0.1) is 21.5 Å². The smallest absolute Gasteiger partial charge is 0.389 e. The first-order valence-corrected chi connectivity index (χ1v) is 6.49. The molecule has 0 spiro atoms. The summed E-state index contributed by atoms with van der Waals surface area (Å²) in [5.74, 6) is -0.0419. The van der Waals surface area contributed by atoms with Crippen molar-refractivity contribution < 1.29 is 17.4 Å². The SMILES string of the molecule is Nc1ccc(S(=O)CCCC(F)(F)F)cc1Cl. The van der Waals surface area contributed by atoms with Crippen LogP contribution >= 0.6 is 11.6 Å². The van der Waals surface area contributed by atoms with Crippen molar-refractivity contribution in [1.82, 2.24) is 0 Å². The van der Waals surface area contributed by atoms with Crippen LogP contribution < -0.4 is 5.73 Å². The maximum atomic E-state index is 11.9. The fourth-order valence-corrected chi connectivity index (χ4v) is 2.53. The molecule has 0 saturated carbocycles. The van der Waals surface area contributed by atoms with Crippen LogP contribution in [-0.4, -0.2) is 16.1 Å². The monoisotopic (exact) mass is 285 g/mol. The van der Waals surface area contributed by atoms with E-state index >= 15 is 0 Å². The maximum absolute atomic E-state index is 11.9. The Bertz CT molecular complexity index is 423. The second-order valence-corrected chi connectivity index (χ2v) is 5.43. The van der Waals surface area contributed by atoms with E-state index in [0.717, 1.165) is 0 Å². The zero-order chi connectivity index (χ0) is 13.1. The number of nitrogen functional groups attached to an aromatic ring is 1. The van der Waals surface area contributed by atoms with Crippen LogP contribution in [0, 0.1) is 0 Å². The molecule has 96 valence electrons. The highest BCUT2D eigenvalue weighted by Gasteiger charge is 2.26. The summed E-state index contributed by atoms with van der Waals surface area (Å²) in [6.07, 6.45) is -5.30. The van der Waals surface area contributed by atoms with Crippen molar-refractivity contribution in [2.24, 2.45) is 0 Å². The first-order chi connectivity index (χ1) is 7.79. The van der Waals surface area contributed by atoms with E-state index in [4.69, 9.17) is 17.3 Å². The predicted molar refractivity (Wildman–Crippen MR) is 62.4 cm³/mol. The van der Waals surface area contributed by atoms with Crippen LogP contribution in [0.4, 0.5) is 18.9 Å². The summed E-state index contributed by atoms with van der Waals surface area (Å²) in [7, 11) is -1.48. The number of halogens is 4. The minimum Gasteiger partial charge on any atom is -0.398 e. The molecule has 1 aromatic carbocycles. The predicted octanol–water partition coefficient (Wildman–Crippen LogP) is 3.37. The molecular formula is C10H11ClF3NOS. The molecule has 1 rings (SSSR count). The van der Waals surface area contributed by atoms with E-state index in [2.05, 4.69) is 0 Å². The van der Waals surface area contributed by atoms with Crippen LogP contribution in [0.3, 0.4) is 0 Å². The fraction of sp³-hybridized carbons (Fsp3) is 0.400. The average Bonchev–Trinajstić information content (AvgIpc) is 2.20. The molecule has 0 bridgehead atoms. The number of rotatable bonds is 4. The Hall–Kier alpha value is -0.750. The van der Waals surface area contributed by atoms with Gasteiger partial charge in [-0.15, -0.1) is 0 Å². The molecule has 0 aliphatic heterocycles. The second kappa shape index (κ2) is 5.73. The van der Waals surface area contributed by atoms with E-state index in [-0.39, 0.29) is 17.2 Å². The number of benzene rings is 1. The summed E-state index contributed by atoms with van der Waals surface area (Å²) in [4.78, 5) is 0.395. The van der Waals surface area contributed by atoms with Gasteiger partial charge in [0.25, 0.3) is 0 Å². The third-order valence-corrected chi connectivity index (χ3v) is 3.79. The number of hydrogen-bond acceptors (Lipinski definition) is 2. The summed E-state index contributed by atoms with van der Waals surface area (Å²) in [6, 6.07) is 4.41. The van der Waals surface area contributed by atoms with Crippen LogP contribution in [0.1, 0.15) is 12.8 Å². The Balaban J connectivity index is 2.56. The van der Waals surface area contributed by atoms with Crippen molar-refractivity contribution in [3.8, 4) is 0 Å². The van der Waals surface area contributed by atoms with E-state index in [1.165, 1.54) is 18.2 Å². The molecule has 2 nitrogen and oxygen atoms in total.